The van der Waals surface area contributed by atoms with Crippen molar-refractivity contribution in [3.63, 3.8) is 0 Å². The molecule has 0 unspecified atom stereocenters. The molecule has 4 aromatic heterocycles. The average Bonchev–Trinajstić information content (AvgIpc) is 3.32. The predicted molar refractivity (Wildman–Crippen MR) is 131 cm³/mol. The molecule has 0 amide bonds. The number of anilines is 1. The maximum absolute atomic E-state index is 12.7. The summed E-state index contributed by atoms with van der Waals surface area (Å²) in [5.74, 6) is -0.809. The second-order valence-electron chi connectivity index (χ2n) is 8.08. The molecular weight excluding hydrogens is 456 g/mol. The molecule has 0 radical (unpaired) electrons. The number of carboxylic acids is 1. The molecule has 0 saturated carbocycles. The Morgan fingerprint density at radius 1 is 1.24 bits per heavy atom. The number of carbonyl (C=O) groups is 1. The number of aromatic nitrogens is 5. The van der Waals surface area contributed by atoms with Crippen molar-refractivity contribution in [3.8, 4) is 11.1 Å². The van der Waals surface area contributed by atoms with Crippen molar-refractivity contribution >= 4 is 45.3 Å². The fourth-order valence-corrected chi connectivity index (χ4v) is 4.58. The standard InChI is InChI=1S/C24H21ClN6O3/c1-2-4-12-6-7-17-15(9-12)18(14-5-3-8-27-23(14)32)19(24(33)34)31(17)11-13-10-16-21(26)29-30-22(16)28-20(13)25/h3,5-10H,2,4,11H2,1H3,(H,27,32)(H,33,34)(H3,26,28,29,30). The molecule has 9 nitrogen and oxygen atoms in total. The highest BCUT2D eigenvalue weighted by Crippen LogP contribution is 2.36. The van der Waals surface area contributed by atoms with E-state index < -0.39 is 5.97 Å². The maximum Gasteiger partial charge on any atom is 0.353 e. The van der Waals surface area contributed by atoms with Gasteiger partial charge < -0.3 is 20.4 Å². The highest BCUT2D eigenvalue weighted by molar-refractivity contribution is 6.30. The zero-order valence-electron chi connectivity index (χ0n) is 18.2. The van der Waals surface area contributed by atoms with Crippen molar-refractivity contribution in [2.75, 3.05) is 5.73 Å². The third-order valence-electron chi connectivity index (χ3n) is 5.89. The van der Waals surface area contributed by atoms with E-state index in [0.29, 0.717) is 38.9 Å². The van der Waals surface area contributed by atoms with Gasteiger partial charge in [-0.15, -0.1) is 0 Å². The molecule has 4 heterocycles. The van der Waals surface area contributed by atoms with Crippen molar-refractivity contribution in [3.05, 3.63) is 74.9 Å². The number of aromatic amines is 2. The van der Waals surface area contributed by atoms with E-state index in [9.17, 15) is 14.7 Å². The van der Waals surface area contributed by atoms with E-state index in [1.165, 1.54) is 6.20 Å². The first kappa shape index (κ1) is 21.7. The number of halogens is 1. The fourth-order valence-electron chi connectivity index (χ4n) is 4.39. The van der Waals surface area contributed by atoms with Crippen LogP contribution in [0.15, 0.2) is 47.4 Å². The Bertz CT molecular complexity index is 1630. The van der Waals surface area contributed by atoms with Crippen LogP contribution in [0, 0.1) is 0 Å². The van der Waals surface area contributed by atoms with Gasteiger partial charge in [0, 0.05) is 33.8 Å². The van der Waals surface area contributed by atoms with E-state index in [2.05, 4.69) is 27.1 Å². The first-order chi connectivity index (χ1) is 16.4. The van der Waals surface area contributed by atoms with Gasteiger partial charge in [-0.3, -0.25) is 9.89 Å². The largest absolute Gasteiger partial charge is 0.477 e. The average molecular weight is 477 g/mol. The van der Waals surface area contributed by atoms with Crippen LogP contribution in [-0.4, -0.2) is 35.8 Å². The highest BCUT2D eigenvalue weighted by atomic mass is 35.5. The highest BCUT2D eigenvalue weighted by Gasteiger charge is 2.26. The molecule has 10 heteroatoms. The van der Waals surface area contributed by atoms with Gasteiger partial charge in [0.05, 0.1) is 11.9 Å². The molecule has 0 spiro atoms. The van der Waals surface area contributed by atoms with Gasteiger partial charge in [-0.25, -0.2) is 9.78 Å². The molecule has 5 aromatic rings. The SMILES string of the molecule is CCCc1ccc2c(c1)c(-c1ccc[nH]c1=O)c(C(=O)O)n2Cc1cc2c(N)[nH]nc2nc1Cl. The Morgan fingerprint density at radius 3 is 2.79 bits per heavy atom. The molecule has 34 heavy (non-hydrogen) atoms. The molecule has 5 N–H and O–H groups in total. The quantitative estimate of drug-likeness (QED) is 0.270. The number of nitrogens with zero attached hydrogens (tertiary/aromatic N) is 3. The van der Waals surface area contributed by atoms with Crippen LogP contribution in [0.1, 0.15) is 35.0 Å². The van der Waals surface area contributed by atoms with Crippen LogP contribution < -0.4 is 11.3 Å². The number of benzene rings is 1. The fraction of sp³-hybridized carbons (Fsp3) is 0.167. The normalized spacial score (nSPS) is 11.5. The zero-order valence-corrected chi connectivity index (χ0v) is 19.0. The number of nitrogens with one attached hydrogen (secondary N) is 2. The number of aryl methyl sites for hydroxylation is 1. The van der Waals surface area contributed by atoms with Gasteiger partial charge in [-0.05, 0) is 42.3 Å². The van der Waals surface area contributed by atoms with Crippen molar-refractivity contribution in [1.29, 1.82) is 0 Å². The second kappa shape index (κ2) is 8.35. The lowest BCUT2D eigenvalue weighted by Gasteiger charge is -2.11. The topological polar surface area (TPSA) is 143 Å². The Labute approximate surface area is 198 Å². The number of carboxylic acid groups (broad SMARTS) is 1. The van der Waals surface area contributed by atoms with Gasteiger partial charge in [0.15, 0.2) is 5.65 Å². The van der Waals surface area contributed by atoms with Gasteiger partial charge in [-0.1, -0.05) is 31.0 Å². The summed E-state index contributed by atoms with van der Waals surface area (Å²) in [6.45, 7) is 2.19. The van der Waals surface area contributed by atoms with Crippen LogP contribution in [-0.2, 0) is 13.0 Å². The van der Waals surface area contributed by atoms with Gasteiger partial charge in [0.2, 0.25) is 0 Å². The lowest BCUT2D eigenvalue weighted by Crippen LogP contribution is -2.14. The number of H-pyrrole nitrogens is 2. The summed E-state index contributed by atoms with van der Waals surface area (Å²) in [5.41, 5.74) is 8.94. The van der Waals surface area contributed by atoms with Crippen LogP contribution in [0.4, 0.5) is 5.82 Å². The number of fused-ring (bicyclic) bond motifs is 2. The monoisotopic (exact) mass is 476 g/mol. The number of pyridine rings is 2. The zero-order chi connectivity index (χ0) is 24.0. The van der Waals surface area contributed by atoms with Crippen LogP contribution in [0.3, 0.4) is 0 Å². The summed E-state index contributed by atoms with van der Waals surface area (Å²) in [6.07, 6.45) is 3.29. The molecule has 0 saturated heterocycles. The maximum atomic E-state index is 12.7. The van der Waals surface area contributed by atoms with E-state index in [1.54, 1.807) is 22.8 Å². The van der Waals surface area contributed by atoms with Crippen molar-refractivity contribution in [2.45, 2.75) is 26.3 Å². The van der Waals surface area contributed by atoms with Crippen LogP contribution >= 0.6 is 11.6 Å². The summed E-state index contributed by atoms with van der Waals surface area (Å²) in [4.78, 5) is 32.2. The molecule has 172 valence electrons. The molecule has 0 aliphatic rings. The number of nitrogen functional groups attached to an aromatic ring is 1. The molecule has 0 fully saturated rings. The minimum atomic E-state index is -1.15. The summed E-state index contributed by atoms with van der Waals surface area (Å²) >= 11 is 6.44. The molecule has 0 aliphatic carbocycles. The molecule has 0 bridgehead atoms. The smallest absolute Gasteiger partial charge is 0.353 e. The summed E-state index contributed by atoms with van der Waals surface area (Å²) in [7, 11) is 0. The van der Waals surface area contributed by atoms with E-state index in [-0.39, 0.29) is 28.5 Å². The first-order valence-corrected chi connectivity index (χ1v) is 11.1. The van der Waals surface area contributed by atoms with Crippen molar-refractivity contribution in [1.82, 2.24) is 24.7 Å². The van der Waals surface area contributed by atoms with Gasteiger partial charge in [0.25, 0.3) is 5.56 Å². The Morgan fingerprint density at radius 2 is 2.06 bits per heavy atom. The van der Waals surface area contributed by atoms with Crippen LogP contribution in [0.25, 0.3) is 33.1 Å². The third kappa shape index (κ3) is 3.50. The van der Waals surface area contributed by atoms with Crippen molar-refractivity contribution < 1.29 is 9.90 Å². The Balaban J connectivity index is 1.81. The molecule has 0 atom stereocenters. The van der Waals surface area contributed by atoms with E-state index in [0.717, 1.165) is 18.4 Å². The van der Waals surface area contributed by atoms with Crippen LogP contribution in [0.5, 0.6) is 0 Å². The van der Waals surface area contributed by atoms with E-state index in [1.807, 2.05) is 18.2 Å². The van der Waals surface area contributed by atoms with E-state index >= 15 is 0 Å². The molecule has 1 aromatic carbocycles. The van der Waals surface area contributed by atoms with E-state index in [4.69, 9.17) is 17.3 Å². The van der Waals surface area contributed by atoms with Gasteiger partial charge in [0.1, 0.15) is 16.7 Å². The van der Waals surface area contributed by atoms with Crippen molar-refractivity contribution in [2.24, 2.45) is 0 Å². The molecule has 5 rings (SSSR count). The summed E-state index contributed by atoms with van der Waals surface area (Å²) in [5, 5.41) is 18.5. The molecular formula is C24H21ClN6O3. The summed E-state index contributed by atoms with van der Waals surface area (Å²) in [6, 6.07) is 10.9. The minimum Gasteiger partial charge on any atom is -0.477 e. The number of hydrogen-bond donors (Lipinski definition) is 4. The second-order valence-corrected chi connectivity index (χ2v) is 8.43. The number of hydrogen-bond acceptors (Lipinski definition) is 5. The lowest BCUT2D eigenvalue weighted by molar-refractivity contribution is 0.0687. The summed E-state index contributed by atoms with van der Waals surface area (Å²) < 4.78 is 1.65. The first-order valence-electron chi connectivity index (χ1n) is 10.7. The Hall–Kier alpha value is -4.11. The third-order valence-corrected chi connectivity index (χ3v) is 6.21. The van der Waals surface area contributed by atoms with Crippen LogP contribution in [0.2, 0.25) is 5.15 Å². The Kier molecular flexibility index (Phi) is 5.33. The van der Waals surface area contributed by atoms with Gasteiger partial charge in [-0.2, -0.15) is 5.10 Å². The minimum absolute atomic E-state index is 0.00308. The lowest BCUT2D eigenvalue weighted by atomic mass is 10.0. The predicted octanol–water partition coefficient (Wildman–Crippen LogP) is 4.20. The molecule has 0 aliphatic heterocycles. The van der Waals surface area contributed by atoms with Gasteiger partial charge >= 0.3 is 5.97 Å². The number of rotatable bonds is 6. The number of aromatic carboxylic acids is 1. The number of nitrogens with two attached hydrogens (primary N) is 1.